The number of ether oxygens (including phenoxy) is 1. The van der Waals surface area contributed by atoms with Crippen molar-refractivity contribution in [3.8, 4) is 17.0 Å². The van der Waals surface area contributed by atoms with Crippen molar-refractivity contribution in [3.05, 3.63) is 42.6 Å². The van der Waals surface area contributed by atoms with Crippen LogP contribution in [0, 0.1) is 0 Å². The monoisotopic (exact) mass is 313 g/mol. The van der Waals surface area contributed by atoms with Crippen molar-refractivity contribution < 1.29 is 4.74 Å². The highest BCUT2D eigenvalue weighted by Crippen LogP contribution is 2.24. The van der Waals surface area contributed by atoms with E-state index in [9.17, 15) is 0 Å². The van der Waals surface area contributed by atoms with Gasteiger partial charge in [-0.1, -0.05) is 13.8 Å². The molecule has 5 heteroatoms. The molecule has 114 valence electrons. The van der Waals surface area contributed by atoms with Crippen LogP contribution >= 0.6 is 11.8 Å². The minimum absolute atomic E-state index is 0.513. The van der Waals surface area contributed by atoms with Crippen LogP contribution in [0.15, 0.2) is 47.6 Å². The van der Waals surface area contributed by atoms with Gasteiger partial charge in [0.05, 0.1) is 18.5 Å². The van der Waals surface area contributed by atoms with E-state index in [1.54, 1.807) is 11.8 Å². The highest BCUT2D eigenvalue weighted by Gasteiger charge is 2.07. The molecule has 0 aliphatic carbocycles. The van der Waals surface area contributed by atoms with Gasteiger partial charge in [0.15, 0.2) is 5.65 Å². The lowest BCUT2D eigenvalue weighted by Gasteiger charge is -2.03. The van der Waals surface area contributed by atoms with E-state index in [0.29, 0.717) is 11.9 Å². The molecule has 0 aliphatic heterocycles. The highest BCUT2D eigenvalue weighted by atomic mass is 32.2. The Hall–Kier alpha value is -2.01. The molecule has 3 aromatic rings. The van der Waals surface area contributed by atoms with Gasteiger partial charge >= 0.3 is 0 Å². The molecule has 1 aromatic carbocycles. The Morgan fingerprint density at radius 3 is 2.59 bits per heavy atom. The van der Waals surface area contributed by atoms with Gasteiger partial charge in [0.1, 0.15) is 10.8 Å². The second kappa shape index (κ2) is 6.40. The molecule has 4 nitrogen and oxygen atoms in total. The lowest BCUT2D eigenvalue weighted by Crippen LogP contribution is -1.94. The molecule has 0 atom stereocenters. The fourth-order valence-electron chi connectivity index (χ4n) is 2.20. The standard InChI is InChI=1S/C17H19N3OS/c1-4-21-14-7-5-13(6-8-14)15-11-20-16(18-15)9-10-17(19-20)22-12(2)3/h5-12H,4H2,1-3H3. The fraction of sp³-hybridized carbons (Fsp3) is 0.294. The van der Waals surface area contributed by atoms with Crippen molar-refractivity contribution in [2.45, 2.75) is 31.0 Å². The van der Waals surface area contributed by atoms with Crippen LogP contribution in [-0.2, 0) is 0 Å². The summed E-state index contributed by atoms with van der Waals surface area (Å²) in [5.41, 5.74) is 2.84. The average molecular weight is 313 g/mol. The molecule has 0 bridgehead atoms. The molecule has 2 heterocycles. The number of rotatable bonds is 5. The molecule has 22 heavy (non-hydrogen) atoms. The van der Waals surface area contributed by atoms with Crippen molar-refractivity contribution in [2.24, 2.45) is 0 Å². The molecular weight excluding hydrogens is 294 g/mol. The van der Waals surface area contributed by atoms with Crippen molar-refractivity contribution in [3.63, 3.8) is 0 Å². The summed E-state index contributed by atoms with van der Waals surface area (Å²) in [6.45, 7) is 6.98. The lowest BCUT2D eigenvalue weighted by atomic mass is 10.2. The molecule has 0 saturated carbocycles. The van der Waals surface area contributed by atoms with E-state index < -0.39 is 0 Å². The quantitative estimate of drug-likeness (QED) is 0.659. The first-order valence-electron chi connectivity index (χ1n) is 7.42. The maximum absolute atomic E-state index is 5.47. The summed E-state index contributed by atoms with van der Waals surface area (Å²) in [5, 5.41) is 6.13. The second-order valence-corrected chi connectivity index (χ2v) is 6.82. The molecule has 0 saturated heterocycles. The number of nitrogens with zero attached hydrogens (tertiary/aromatic N) is 3. The van der Waals surface area contributed by atoms with Gasteiger partial charge in [-0.15, -0.1) is 11.8 Å². The van der Waals surface area contributed by atoms with Crippen LogP contribution in [0.5, 0.6) is 5.75 Å². The lowest BCUT2D eigenvalue weighted by molar-refractivity contribution is 0.340. The van der Waals surface area contributed by atoms with E-state index in [-0.39, 0.29) is 0 Å². The Morgan fingerprint density at radius 1 is 1.14 bits per heavy atom. The maximum Gasteiger partial charge on any atom is 0.154 e. The van der Waals surface area contributed by atoms with Gasteiger partial charge in [0.25, 0.3) is 0 Å². The van der Waals surface area contributed by atoms with E-state index >= 15 is 0 Å². The Morgan fingerprint density at radius 2 is 1.91 bits per heavy atom. The topological polar surface area (TPSA) is 39.4 Å². The molecule has 0 amide bonds. The van der Waals surface area contributed by atoms with E-state index in [1.807, 2.05) is 54.0 Å². The van der Waals surface area contributed by atoms with Gasteiger partial charge in [-0.25, -0.2) is 9.50 Å². The number of thioether (sulfide) groups is 1. The SMILES string of the molecule is CCOc1ccc(-c2cn3nc(SC(C)C)ccc3n2)cc1. The Balaban J connectivity index is 1.90. The fourth-order valence-corrected chi connectivity index (χ4v) is 2.96. The van der Waals surface area contributed by atoms with Crippen LogP contribution in [0.25, 0.3) is 16.9 Å². The second-order valence-electron chi connectivity index (χ2n) is 5.22. The van der Waals surface area contributed by atoms with Crippen molar-refractivity contribution in [2.75, 3.05) is 6.61 Å². The first kappa shape index (κ1) is 14.9. The molecular formula is C17H19N3OS. The molecule has 0 N–H and O–H groups in total. The zero-order chi connectivity index (χ0) is 15.5. The average Bonchev–Trinajstić information content (AvgIpc) is 2.91. The Bertz CT molecular complexity index is 765. The number of fused-ring (bicyclic) bond motifs is 1. The van der Waals surface area contributed by atoms with Crippen molar-refractivity contribution in [1.29, 1.82) is 0 Å². The number of imidazole rings is 1. The summed E-state index contributed by atoms with van der Waals surface area (Å²) >= 11 is 1.75. The van der Waals surface area contributed by atoms with Gasteiger partial charge in [-0.3, -0.25) is 0 Å². The normalized spacial score (nSPS) is 11.3. The summed E-state index contributed by atoms with van der Waals surface area (Å²) in [4.78, 5) is 4.63. The van der Waals surface area contributed by atoms with Crippen LogP contribution in [0.4, 0.5) is 0 Å². The Labute approximate surface area is 134 Å². The van der Waals surface area contributed by atoms with Crippen LogP contribution < -0.4 is 4.74 Å². The first-order chi connectivity index (χ1) is 10.7. The zero-order valence-corrected chi connectivity index (χ0v) is 13.8. The smallest absolute Gasteiger partial charge is 0.154 e. The predicted molar refractivity (Wildman–Crippen MR) is 90.6 cm³/mol. The van der Waals surface area contributed by atoms with Gasteiger partial charge in [0, 0.05) is 10.8 Å². The number of hydrogen-bond acceptors (Lipinski definition) is 4. The van der Waals surface area contributed by atoms with E-state index in [1.165, 1.54) is 0 Å². The number of aromatic nitrogens is 3. The third kappa shape index (κ3) is 3.25. The Kier molecular flexibility index (Phi) is 4.34. The first-order valence-corrected chi connectivity index (χ1v) is 8.30. The number of benzene rings is 1. The summed E-state index contributed by atoms with van der Waals surface area (Å²) < 4.78 is 7.31. The van der Waals surface area contributed by atoms with E-state index in [4.69, 9.17) is 4.74 Å². The van der Waals surface area contributed by atoms with Gasteiger partial charge in [0.2, 0.25) is 0 Å². The highest BCUT2D eigenvalue weighted by molar-refractivity contribution is 7.99. The predicted octanol–water partition coefficient (Wildman–Crippen LogP) is 4.30. The summed E-state index contributed by atoms with van der Waals surface area (Å²) in [7, 11) is 0. The van der Waals surface area contributed by atoms with Crippen LogP contribution in [0.2, 0.25) is 0 Å². The maximum atomic E-state index is 5.47. The third-order valence-electron chi connectivity index (χ3n) is 3.11. The molecule has 0 aliphatic rings. The van der Waals surface area contributed by atoms with Gasteiger partial charge in [-0.2, -0.15) is 5.10 Å². The molecule has 3 rings (SSSR count). The molecule has 0 fully saturated rings. The van der Waals surface area contributed by atoms with Gasteiger partial charge < -0.3 is 4.74 Å². The van der Waals surface area contributed by atoms with E-state index in [0.717, 1.165) is 27.7 Å². The molecule has 0 spiro atoms. The minimum Gasteiger partial charge on any atom is -0.494 e. The van der Waals surface area contributed by atoms with Crippen molar-refractivity contribution >= 4 is 17.4 Å². The summed E-state index contributed by atoms with van der Waals surface area (Å²) in [5.74, 6) is 0.878. The van der Waals surface area contributed by atoms with Crippen LogP contribution in [0.3, 0.4) is 0 Å². The minimum atomic E-state index is 0.513. The van der Waals surface area contributed by atoms with Crippen molar-refractivity contribution in [1.82, 2.24) is 14.6 Å². The largest absolute Gasteiger partial charge is 0.494 e. The van der Waals surface area contributed by atoms with Crippen LogP contribution in [0.1, 0.15) is 20.8 Å². The molecule has 2 aromatic heterocycles. The third-order valence-corrected chi connectivity index (χ3v) is 4.04. The molecule has 0 radical (unpaired) electrons. The number of hydrogen-bond donors (Lipinski definition) is 0. The summed E-state index contributed by atoms with van der Waals surface area (Å²) in [6.07, 6.45) is 1.97. The zero-order valence-electron chi connectivity index (χ0n) is 13.0. The van der Waals surface area contributed by atoms with Gasteiger partial charge in [-0.05, 0) is 43.3 Å². The van der Waals surface area contributed by atoms with Crippen LogP contribution in [-0.4, -0.2) is 26.5 Å². The summed E-state index contributed by atoms with van der Waals surface area (Å²) in [6, 6.07) is 12.0. The van der Waals surface area contributed by atoms with E-state index in [2.05, 4.69) is 23.9 Å². The molecule has 0 unspecified atom stereocenters.